The van der Waals surface area contributed by atoms with E-state index in [0.29, 0.717) is 19.6 Å². The van der Waals surface area contributed by atoms with Crippen molar-refractivity contribution >= 4 is 18.4 Å². The van der Waals surface area contributed by atoms with Crippen LogP contribution in [0.3, 0.4) is 0 Å². The van der Waals surface area contributed by atoms with Crippen LogP contribution < -0.4 is 5.73 Å². The van der Waals surface area contributed by atoms with Gasteiger partial charge in [0, 0.05) is 0 Å². The fourth-order valence-electron chi connectivity index (χ4n) is 2.27. The fourth-order valence-corrected chi connectivity index (χ4v) is 2.27. The van der Waals surface area contributed by atoms with Crippen molar-refractivity contribution in [1.82, 2.24) is 0 Å². The summed E-state index contributed by atoms with van der Waals surface area (Å²) in [6.45, 7) is 3.28. The van der Waals surface area contributed by atoms with Gasteiger partial charge < -0.3 is 10.5 Å². The molecule has 96 valence electrons. The van der Waals surface area contributed by atoms with Gasteiger partial charge in [0.25, 0.3) is 0 Å². The third-order valence-electron chi connectivity index (χ3n) is 3.38. The predicted octanol–water partition coefficient (Wildman–Crippen LogP) is 2.66. The first-order valence-corrected chi connectivity index (χ1v) is 6.08. The van der Waals surface area contributed by atoms with Gasteiger partial charge in [-0.2, -0.15) is 0 Å². The van der Waals surface area contributed by atoms with Crippen molar-refractivity contribution in [2.75, 3.05) is 13.2 Å². The third kappa shape index (κ3) is 4.71. The van der Waals surface area contributed by atoms with Crippen LogP contribution in [0.5, 0.6) is 0 Å². The van der Waals surface area contributed by atoms with E-state index in [-0.39, 0.29) is 23.8 Å². The lowest BCUT2D eigenvalue weighted by atomic mass is 9.83. The number of esters is 1. The van der Waals surface area contributed by atoms with Crippen molar-refractivity contribution in [2.24, 2.45) is 11.1 Å². The minimum Gasteiger partial charge on any atom is -0.466 e. The SMILES string of the molecule is CCCCOC(=O)CC1(CN)CCCC1.Cl. The van der Waals surface area contributed by atoms with Crippen LogP contribution in [0.25, 0.3) is 0 Å². The van der Waals surface area contributed by atoms with Crippen LogP contribution in [0.4, 0.5) is 0 Å². The largest absolute Gasteiger partial charge is 0.466 e. The molecular formula is C12H24ClNO2. The molecule has 0 aromatic heterocycles. The highest BCUT2D eigenvalue weighted by Crippen LogP contribution is 2.40. The molecule has 0 aromatic rings. The number of halogens is 1. The van der Waals surface area contributed by atoms with Crippen molar-refractivity contribution in [2.45, 2.75) is 51.9 Å². The van der Waals surface area contributed by atoms with E-state index in [1.54, 1.807) is 0 Å². The molecule has 4 heteroatoms. The molecular weight excluding hydrogens is 226 g/mol. The number of carbonyl (C=O) groups is 1. The number of hydrogen-bond donors (Lipinski definition) is 1. The van der Waals surface area contributed by atoms with Crippen LogP contribution in [0.15, 0.2) is 0 Å². The first-order chi connectivity index (χ1) is 7.22. The van der Waals surface area contributed by atoms with Crippen LogP contribution in [-0.2, 0) is 9.53 Å². The van der Waals surface area contributed by atoms with Crippen molar-refractivity contribution in [1.29, 1.82) is 0 Å². The Morgan fingerprint density at radius 2 is 2.00 bits per heavy atom. The minimum absolute atomic E-state index is 0. The van der Waals surface area contributed by atoms with Gasteiger partial charge in [-0.25, -0.2) is 0 Å². The molecule has 0 saturated heterocycles. The molecule has 2 N–H and O–H groups in total. The summed E-state index contributed by atoms with van der Waals surface area (Å²) in [5, 5.41) is 0. The van der Waals surface area contributed by atoms with Crippen LogP contribution in [0.1, 0.15) is 51.9 Å². The molecule has 1 saturated carbocycles. The second-order valence-electron chi connectivity index (χ2n) is 4.66. The molecule has 0 atom stereocenters. The maximum atomic E-state index is 11.6. The Morgan fingerprint density at radius 1 is 1.38 bits per heavy atom. The molecule has 16 heavy (non-hydrogen) atoms. The zero-order valence-corrected chi connectivity index (χ0v) is 11.0. The lowest BCUT2D eigenvalue weighted by Gasteiger charge is -2.25. The lowest BCUT2D eigenvalue weighted by Crippen LogP contribution is -2.30. The van der Waals surface area contributed by atoms with Gasteiger partial charge in [0.2, 0.25) is 0 Å². The monoisotopic (exact) mass is 249 g/mol. The standard InChI is InChI=1S/C12H23NO2.ClH/c1-2-3-8-15-11(14)9-12(10-13)6-4-5-7-12;/h2-10,13H2,1H3;1H. The Kier molecular flexibility index (Phi) is 7.77. The van der Waals surface area contributed by atoms with E-state index < -0.39 is 0 Å². The quantitative estimate of drug-likeness (QED) is 0.582. The van der Waals surface area contributed by atoms with Gasteiger partial charge >= 0.3 is 5.97 Å². The highest BCUT2D eigenvalue weighted by atomic mass is 35.5. The molecule has 0 radical (unpaired) electrons. The van der Waals surface area contributed by atoms with Gasteiger partial charge in [-0.1, -0.05) is 26.2 Å². The maximum Gasteiger partial charge on any atom is 0.306 e. The second kappa shape index (κ2) is 7.91. The maximum absolute atomic E-state index is 11.6. The normalized spacial score (nSPS) is 17.9. The average molecular weight is 250 g/mol. The minimum atomic E-state index is -0.0594. The number of rotatable bonds is 6. The summed E-state index contributed by atoms with van der Waals surface area (Å²) >= 11 is 0. The number of ether oxygens (including phenoxy) is 1. The van der Waals surface area contributed by atoms with E-state index in [1.807, 2.05) is 0 Å². The zero-order chi connectivity index (χ0) is 11.1. The van der Waals surface area contributed by atoms with E-state index in [9.17, 15) is 4.79 Å². The Bertz CT molecular complexity index is 203. The predicted molar refractivity (Wildman–Crippen MR) is 67.7 cm³/mol. The van der Waals surface area contributed by atoms with Crippen molar-refractivity contribution in [3.63, 3.8) is 0 Å². The topological polar surface area (TPSA) is 52.3 Å². The van der Waals surface area contributed by atoms with E-state index in [2.05, 4.69) is 6.92 Å². The molecule has 0 heterocycles. The summed E-state index contributed by atoms with van der Waals surface area (Å²) in [7, 11) is 0. The number of carbonyl (C=O) groups excluding carboxylic acids is 1. The molecule has 0 aliphatic heterocycles. The second-order valence-corrected chi connectivity index (χ2v) is 4.66. The van der Waals surface area contributed by atoms with Crippen LogP contribution in [0.2, 0.25) is 0 Å². The van der Waals surface area contributed by atoms with Crippen molar-refractivity contribution < 1.29 is 9.53 Å². The summed E-state index contributed by atoms with van der Waals surface area (Å²) in [6, 6.07) is 0. The Balaban J connectivity index is 0.00000225. The molecule has 0 bridgehead atoms. The first kappa shape index (κ1) is 15.7. The van der Waals surface area contributed by atoms with E-state index in [0.717, 1.165) is 25.7 Å². The van der Waals surface area contributed by atoms with E-state index >= 15 is 0 Å². The number of hydrogen-bond acceptors (Lipinski definition) is 3. The fraction of sp³-hybridized carbons (Fsp3) is 0.917. The molecule has 1 aliphatic carbocycles. The van der Waals surface area contributed by atoms with Crippen LogP contribution >= 0.6 is 12.4 Å². The molecule has 0 aromatic carbocycles. The summed E-state index contributed by atoms with van der Waals surface area (Å²) in [6.07, 6.45) is 7.14. The molecule has 1 rings (SSSR count). The van der Waals surface area contributed by atoms with Gasteiger partial charge in [-0.3, -0.25) is 4.79 Å². The summed E-state index contributed by atoms with van der Waals surface area (Å²) < 4.78 is 5.18. The first-order valence-electron chi connectivity index (χ1n) is 6.08. The molecule has 0 unspecified atom stereocenters. The lowest BCUT2D eigenvalue weighted by molar-refractivity contribution is -0.146. The van der Waals surface area contributed by atoms with Gasteiger partial charge in [0.05, 0.1) is 13.0 Å². The summed E-state index contributed by atoms with van der Waals surface area (Å²) in [5.74, 6) is -0.0594. The Hall–Kier alpha value is -0.280. The van der Waals surface area contributed by atoms with Crippen molar-refractivity contribution in [3.8, 4) is 0 Å². The average Bonchev–Trinajstić information content (AvgIpc) is 2.67. The third-order valence-corrected chi connectivity index (χ3v) is 3.38. The molecule has 3 nitrogen and oxygen atoms in total. The highest BCUT2D eigenvalue weighted by molar-refractivity contribution is 5.85. The highest BCUT2D eigenvalue weighted by Gasteiger charge is 2.35. The molecule has 0 amide bonds. The van der Waals surface area contributed by atoms with Crippen LogP contribution in [-0.4, -0.2) is 19.1 Å². The summed E-state index contributed by atoms with van der Waals surface area (Å²) in [4.78, 5) is 11.6. The molecule has 1 fully saturated rings. The van der Waals surface area contributed by atoms with Crippen molar-refractivity contribution in [3.05, 3.63) is 0 Å². The van der Waals surface area contributed by atoms with Gasteiger partial charge in [-0.05, 0) is 31.2 Å². The summed E-state index contributed by atoms with van der Waals surface area (Å²) in [5.41, 5.74) is 5.82. The Morgan fingerprint density at radius 3 is 2.50 bits per heavy atom. The van der Waals surface area contributed by atoms with E-state index in [1.165, 1.54) is 12.8 Å². The Labute approximate surface area is 105 Å². The van der Waals surface area contributed by atoms with Gasteiger partial charge in [-0.15, -0.1) is 12.4 Å². The van der Waals surface area contributed by atoms with Gasteiger partial charge in [0.15, 0.2) is 0 Å². The van der Waals surface area contributed by atoms with Gasteiger partial charge in [0.1, 0.15) is 0 Å². The zero-order valence-electron chi connectivity index (χ0n) is 10.2. The molecule has 0 spiro atoms. The van der Waals surface area contributed by atoms with E-state index in [4.69, 9.17) is 10.5 Å². The molecule has 1 aliphatic rings. The number of unbranched alkanes of at least 4 members (excludes halogenated alkanes) is 1. The van der Waals surface area contributed by atoms with Crippen LogP contribution in [0, 0.1) is 5.41 Å². The smallest absolute Gasteiger partial charge is 0.306 e. The number of nitrogens with two attached hydrogens (primary N) is 1.